The van der Waals surface area contributed by atoms with Gasteiger partial charge in [-0.05, 0) is 49.2 Å². The lowest BCUT2D eigenvalue weighted by Crippen LogP contribution is -2.31. The minimum Gasteiger partial charge on any atom is -0.481 e. The van der Waals surface area contributed by atoms with Crippen molar-refractivity contribution in [3.63, 3.8) is 0 Å². The average Bonchev–Trinajstić information content (AvgIpc) is 2.45. The predicted molar refractivity (Wildman–Crippen MR) is 86.4 cm³/mol. The predicted octanol–water partition coefficient (Wildman–Crippen LogP) is 3.92. The van der Waals surface area contributed by atoms with Gasteiger partial charge >= 0.3 is 5.97 Å². The Hall–Kier alpha value is -1.87. The molecule has 0 saturated carbocycles. The summed E-state index contributed by atoms with van der Waals surface area (Å²) in [5.74, 6) is -0.718. The van der Waals surface area contributed by atoms with Gasteiger partial charge in [-0.25, -0.2) is 0 Å². The number of carboxylic acids is 1. The van der Waals surface area contributed by atoms with Crippen molar-refractivity contribution in [1.29, 1.82) is 0 Å². The number of hydrogen-bond donors (Lipinski definition) is 1. The van der Waals surface area contributed by atoms with Crippen molar-refractivity contribution in [2.75, 3.05) is 6.54 Å². The Kier molecular flexibility index (Phi) is 5.34. The molecule has 0 bridgehead atoms. The lowest BCUT2D eigenvalue weighted by atomic mass is 10.1. The number of carbonyl (C=O) groups is 1. The van der Waals surface area contributed by atoms with Crippen LogP contribution < -0.4 is 0 Å². The molecule has 0 aliphatic heterocycles. The first kappa shape index (κ1) is 15.5. The van der Waals surface area contributed by atoms with E-state index in [4.69, 9.17) is 5.11 Å². The molecule has 0 aliphatic rings. The zero-order valence-electron chi connectivity index (χ0n) is 12.7. The summed E-state index contributed by atoms with van der Waals surface area (Å²) in [6, 6.07) is 15.3. The van der Waals surface area contributed by atoms with Crippen LogP contribution in [0.4, 0.5) is 0 Å². The summed E-state index contributed by atoms with van der Waals surface area (Å²) in [6.07, 6.45) is 0.933. The van der Waals surface area contributed by atoms with Gasteiger partial charge in [-0.15, -0.1) is 0 Å². The minimum atomic E-state index is -0.718. The monoisotopic (exact) mass is 285 g/mol. The third-order valence-corrected chi connectivity index (χ3v) is 3.77. The first-order chi connectivity index (χ1) is 10.1. The molecule has 21 heavy (non-hydrogen) atoms. The van der Waals surface area contributed by atoms with Crippen molar-refractivity contribution < 1.29 is 9.90 Å². The topological polar surface area (TPSA) is 40.5 Å². The number of rotatable bonds is 7. The van der Waals surface area contributed by atoms with Crippen molar-refractivity contribution in [1.82, 2.24) is 4.90 Å². The van der Waals surface area contributed by atoms with Gasteiger partial charge in [0.2, 0.25) is 0 Å². The van der Waals surface area contributed by atoms with Gasteiger partial charge in [0.25, 0.3) is 0 Å². The Bertz CT molecular complexity index is 607. The van der Waals surface area contributed by atoms with Gasteiger partial charge in [-0.3, -0.25) is 9.69 Å². The Balaban J connectivity index is 2.05. The van der Waals surface area contributed by atoms with Crippen molar-refractivity contribution >= 4 is 16.7 Å². The van der Waals surface area contributed by atoms with Gasteiger partial charge < -0.3 is 5.11 Å². The van der Waals surface area contributed by atoms with Crippen LogP contribution in [0.3, 0.4) is 0 Å². The molecule has 2 aromatic rings. The molecular weight excluding hydrogens is 262 g/mol. The molecule has 0 aliphatic carbocycles. The molecule has 0 amide bonds. The standard InChI is InChI=1S/C18H23NO2/c1-14(2)19(11-5-8-18(20)21)13-15-9-10-16-6-3-4-7-17(16)12-15/h3-4,6-7,9-10,12,14H,5,8,11,13H2,1-2H3,(H,20,21). The number of hydrogen-bond acceptors (Lipinski definition) is 2. The maximum atomic E-state index is 10.6. The molecule has 0 atom stereocenters. The Morgan fingerprint density at radius 3 is 2.52 bits per heavy atom. The second-order valence-electron chi connectivity index (χ2n) is 5.74. The average molecular weight is 285 g/mol. The summed E-state index contributed by atoms with van der Waals surface area (Å²) in [6.45, 7) is 5.99. The van der Waals surface area contributed by atoms with Crippen LogP contribution in [0.25, 0.3) is 10.8 Å². The fourth-order valence-corrected chi connectivity index (χ4v) is 2.52. The number of nitrogens with zero attached hydrogens (tertiary/aromatic N) is 1. The van der Waals surface area contributed by atoms with E-state index in [2.05, 4.69) is 55.1 Å². The van der Waals surface area contributed by atoms with Gasteiger partial charge in [0.05, 0.1) is 0 Å². The lowest BCUT2D eigenvalue weighted by Gasteiger charge is -2.26. The highest BCUT2D eigenvalue weighted by atomic mass is 16.4. The van der Waals surface area contributed by atoms with Crippen LogP contribution in [0.2, 0.25) is 0 Å². The fourth-order valence-electron chi connectivity index (χ4n) is 2.52. The third kappa shape index (κ3) is 4.57. The Morgan fingerprint density at radius 2 is 1.86 bits per heavy atom. The molecule has 0 saturated heterocycles. The van der Waals surface area contributed by atoms with Crippen LogP contribution in [0, 0.1) is 0 Å². The van der Waals surface area contributed by atoms with Crippen LogP contribution in [0.5, 0.6) is 0 Å². The van der Waals surface area contributed by atoms with E-state index in [9.17, 15) is 4.79 Å². The van der Waals surface area contributed by atoms with E-state index in [0.717, 1.165) is 13.1 Å². The Labute approximate surface area is 126 Å². The molecule has 0 aromatic heterocycles. The molecule has 2 rings (SSSR count). The molecular formula is C18H23NO2. The number of aliphatic carboxylic acids is 1. The van der Waals surface area contributed by atoms with Crippen molar-refractivity contribution in [2.45, 2.75) is 39.3 Å². The van der Waals surface area contributed by atoms with Crippen LogP contribution in [0.1, 0.15) is 32.3 Å². The molecule has 1 N–H and O–H groups in total. The minimum absolute atomic E-state index is 0.237. The van der Waals surface area contributed by atoms with Crippen LogP contribution >= 0.6 is 0 Å². The smallest absolute Gasteiger partial charge is 0.303 e. The molecule has 112 valence electrons. The zero-order chi connectivity index (χ0) is 15.2. The van der Waals surface area contributed by atoms with Gasteiger partial charge in [0.15, 0.2) is 0 Å². The summed E-state index contributed by atoms with van der Waals surface area (Å²) < 4.78 is 0. The van der Waals surface area contributed by atoms with Gasteiger partial charge in [-0.1, -0.05) is 36.4 Å². The van der Waals surface area contributed by atoms with Gasteiger partial charge in [-0.2, -0.15) is 0 Å². The maximum Gasteiger partial charge on any atom is 0.303 e. The fraction of sp³-hybridized carbons (Fsp3) is 0.389. The first-order valence-electron chi connectivity index (χ1n) is 7.50. The highest BCUT2D eigenvalue weighted by molar-refractivity contribution is 5.82. The van der Waals surface area contributed by atoms with E-state index in [0.29, 0.717) is 12.5 Å². The van der Waals surface area contributed by atoms with E-state index >= 15 is 0 Å². The molecule has 0 heterocycles. The van der Waals surface area contributed by atoms with E-state index < -0.39 is 5.97 Å². The van der Waals surface area contributed by atoms with Crippen molar-refractivity contribution in [3.8, 4) is 0 Å². The second kappa shape index (κ2) is 7.23. The van der Waals surface area contributed by atoms with Crippen molar-refractivity contribution in [2.24, 2.45) is 0 Å². The van der Waals surface area contributed by atoms with Crippen molar-refractivity contribution in [3.05, 3.63) is 48.0 Å². The summed E-state index contributed by atoms with van der Waals surface area (Å²) in [4.78, 5) is 13.0. The molecule has 2 aromatic carbocycles. The van der Waals surface area contributed by atoms with E-state index in [1.807, 2.05) is 6.07 Å². The van der Waals surface area contributed by atoms with Crippen LogP contribution in [-0.4, -0.2) is 28.6 Å². The third-order valence-electron chi connectivity index (χ3n) is 3.77. The maximum absolute atomic E-state index is 10.6. The van der Waals surface area contributed by atoms with E-state index in [-0.39, 0.29) is 6.42 Å². The van der Waals surface area contributed by atoms with E-state index in [1.165, 1.54) is 16.3 Å². The second-order valence-corrected chi connectivity index (χ2v) is 5.74. The van der Waals surface area contributed by atoms with E-state index in [1.54, 1.807) is 0 Å². The molecule has 0 radical (unpaired) electrons. The summed E-state index contributed by atoms with van der Waals surface area (Å²) in [5.41, 5.74) is 1.28. The lowest BCUT2D eigenvalue weighted by molar-refractivity contribution is -0.137. The summed E-state index contributed by atoms with van der Waals surface area (Å²) in [5, 5.41) is 11.3. The Morgan fingerprint density at radius 1 is 1.14 bits per heavy atom. The normalized spacial score (nSPS) is 11.4. The van der Waals surface area contributed by atoms with Crippen LogP contribution in [-0.2, 0) is 11.3 Å². The van der Waals surface area contributed by atoms with Gasteiger partial charge in [0.1, 0.15) is 0 Å². The SMILES string of the molecule is CC(C)N(CCCC(=O)O)Cc1ccc2ccccc2c1. The molecule has 0 spiro atoms. The van der Waals surface area contributed by atoms with Gasteiger partial charge in [0, 0.05) is 19.0 Å². The quantitative estimate of drug-likeness (QED) is 0.838. The highest BCUT2D eigenvalue weighted by Crippen LogP contribution is 2.18. The number of benzene rings is 2. The largest absolute Gasteiger partial charge is 0.481 e. The zero-order valence-corrected chi connectivity index (χ0v) is 12.7. The molecule has 0 unspecified atom stereocenters. The molecule has 0 fully saturated rings. The first-order valence-corrected chi connectivity index (χ1v) is 7.50. The van der Waals surface area contributed by atoms with Crippen LogP contribution in [0.15, 0.2) is 42.5 Å². The summed E-state index contributed by atoms with van der Waals surface area (Å²) in [7, 11) is 0. The number of fused-ring (bicyclic) bond motifs is 1. The summed E-state index contributed by atoms with van der Waals surface area (Å²) >= 11 is 0. The molecule has 3 nitrogen and oxygen atoms in total. The number of carboxylic acid groups (broad SMARTS) is 1. The molecule has 3 heteroatoms. The highest BCUT2D eigenvalue weighted by Gasteiger charge is 2.11.